The Morgan fingerprint density at radius 3 is 2.35 bits per heavy atom. The van der Waals surface area contributed by atoms with Crippen molar-refractivity contribution in [1.29, 1.82) is 0 Å². The number of benzene rings is 2. The van der Waals surface area contributed by atoms with Gasteiger partial charge in [0.2, 0.25) is 0 Å². The minimum atomic E-state index is -0.447. The smallest absolute Gasteiger partial charge is 0.336 e. The van der Waals surface area contributed by atoms with Crippen LogP contribution in [0.15, 0.2) is 38.6 Å². The normalized spacial score (nSPS) is 15.5. The zero-order valence-electron chi connectivity index (χ0n) is 18.0. The van der Waals surface area contributed by atoms with Gasteiger partial charge in [0.1, 0.15) is 17.1 Å². The predicted molar refractivity (Wildman–Crippen MR) is 117 cm³/mol. The SMILES string of the molecule is COc1cc(OC)c(C2CC(c3c(C)cc4oc(=O)cc(C)c4c3O)=NN2)cc1OC. The maximum absolute atomic E-state index is 11.7. The van der Waals surface area contributed by atoms with Crippen LogP contribution in [0.25, 0.3) is 11.0 Å². The summed E-state index contributed by atoms with van der Waals surface area (Å²) in [6.45, 7) is 3.62. The first-order valence-corrected chi connectivity index (χ1v) is 9.77. The third-order valence-electron chi connectivity index (χ3n) is 5.55. The molecule has 0 amide bonds. The maximum atomic E-state index is 11.7. The van der Waals surface area contributed by atoms with Crippen molar-refractivity contribution >= 4 is 16.7 Å². The molecule has 31 heavy (non-hydrogen) atoms. The van der Waals surface area contributed by atoms with E-state index in [0.29, 0.717) is 51.5 Å². The molecule has 0 saturated carbocycles. The highest BCUT2D eigenvalue weighted by Crippen LogP contribution is 2.41. The molecule has 4 rings (SSSR count). The number of nitrogens with one attached hydrogen (secondary N) is 1. The molecule has 3 aromatic rings. The molecule has 0 fully saturated rings. The van der Waals surface area contributed by atoms with Crippen LogP contribution in [-0.2, 0) is 0 Å². The minimum Gasteiger partial charge on any atom is -0.506 e. The lowest BCUT2D eigenvalue weighted by Gasteiger charge is -2.18. The Hall–Kier alpha value is -3.68. The highest BCUT2D eigenvalue weighted by atomic mass is 16.5. The Morgan fingerprint density at radius 2 is 1.68 bits per heavy atom. The number of fused-ring (bicyclic) bond motifs is 1. The summed E-state index contributed by atoms with van der Waals surface area (Å²) in [7, 11) is 4.74. The number of hydrogen-bond acceptors (Lipinski definition) is 8. The first-order chi connectivity index (χ1) is 14.9. The molecule has 1 aromatic heterocycles. The molecule has 0 bridgehead atoms. The maximum Gasteiger partial charge on any atom is 0.336 e. The van der Waals surface area contributed by atoms with Crippen molar-refractivity contribution in [2.24, 2.45) is 5.10 Å². The van der Waals surface area contributed by atoms with Crippen molar-refractivity contribution in [1.82, 2.24) is 5.43 Å². The van der Waals surface area contributed by atoms with E-state index >= 15 is 0 Å². The zero-order chi connectivity index (χ0) is 22.3. The number of aryl methyl sites for hydroxylation is 2. The summed E-state index contributed by atoms with van der Waals surface area (Å²) >= 11 is 0. The lowest BCUT2D eigenvalue weighted by molar-refractivity contribution is 0.345. The number of methoxy groups -OCH3 is 3. The van der Waals surface area contributed by atoms with Crippen LogP contribution in [0, 0.1) is 13.8 Å². The van der Waals surface area contributed by atoms with E-state index in [0.717, 1.165) is 11.1 Å². The van der Waals surface area contributed by atoms with E-state index in [-0.39, 0.29) is 11.8 Å². The van der Waals surface area contributed by atoms with Crippen molar-refractivity contribution in [3.63, 3.8) is 0 Å². The zero-order valence-corrected chi connectivity index (χ0v) is 18.0. The summed E-state index contributed by atoms with van der Waals surface area (Å²) in [4.78, 5) is 11.7. The number of rotatable bonds is 5. The molecule has 162 valence electrons. The van der Waals surface area contributed by atoms with Gasteiger partial charge in [-0.1, -0.05) is 0 Å². The van der Waals surface area contributed by atoms with E-state index in [1.807, 2.05) is 13.0 Å². The van der Waals surface area contributed by atoms with Crippen LogP contribution in [-0.4, -0.2) is 32.1 Å². The quantitative estimate of drug-likeness (QED) is 0.604. The molecule has 0 spiro atoms. The fraction of sp³-hybridized carbons (Fsp3) is 0.304. The Kier molecular flexibility index (Phi) is 5.22. The summed E-state index contributed by atoms with van der Waals surface area (Å²) in [5, 5.41) is 16.0. The third-order valence-corrected chi connectivity index (χ3v) is 5.55. The first-order valence-electron chi connectivity index (χ1n) is 9.77. The molecule has 1 atom stereocenters. The Morgan fingerprint density at radius 1 is 1.00 bits per heavy atom. The second kappa shape index (κ2) is 7.86. The number of hydrogen-bond donors (Lipinski definition) is 2. The van der Waals surface area contributed by atoms with Crippen molar-refractivity contribution in [3.05, 3.63) is 56.9 Å². The lowest BCUT2D eigenvalue weighted by Crippen LogP contribution is -2.12. The fourth-order valence-corrected chi connectivity index (χ4v) is 4.09. The molecular weight excluding hydrogens is 400 g/mol. The summed E-state index contributed by atoms with van der Waals surface area (Å²) in [5.74, 6) is 1.85. The molecule has 2 heterocycles. The average molecular weight is 424 g/mol. The monoisotopic (exact) mass is 424 g/mol. The summed E-state index contributed by atoms with van der Waals surface area (Å²) < 4.78 is 21.6. The van der Waals surface area contributed by atoms with Gasteiger partial charge in [-0.05, 0) is 37.1 Å². The number of aromatic hydroxyl groups is 1. The highest BCUT2D eigenvalue weighted by Gasteiger charge is 2.29. The summed E-state index contributed by atoms with van der Waals surface area (Å²) in [6, 6.07) is 6.57. The number of phenols is 1. The second-order valence-corrected chi connectivity index (χ2v) is 7.43. The van der Waals surface area contributed by atoms with Crippen molar-refractivity contribution in [2.45, 2.75) is 26.3 Å². The van der Waals surface area contributed by atoms with Gasteiger partial charge in [0.15, 0.2) is 11.5 Å². The van der Waals surface area contributed by atoms with Crippen LogP contribution in [0.5, 0.6) is 23.0 Å². The van der Waals surface area contributed by atoms with Gasteiger partial charge in [0.05, 0.1) is 38.5 Å². The number of nitrogens with zero attached hydrogens (tertiary/aromatic N) is 1. The van der Waals surface area contributed by atoms with Gasteiger partial charge < -0.3 is 29.2 Å². The standard InChI is InChI=1S/C23H24N2O6/c1-11-6-19-22(12(2)7-20(26)31-19)23(27)21(11)15-9-14(24-25-15)13-8-17(29-4)18(30-5)10-16(13)28-3/h6-8,10,14,24,27H,9H2,1-5H3. The third kappa shape index (κ3) is 3.43. The molecule has 1 unspecified atom stereocenters. The van der Waals surface area contributed by atoms with Crippen molar-refractivity contribution in [2.75, 3.05) is 21.3 Å². The van der Waals surface area contributed by atoms with Crippen LogP contribution in [0.1, 0.15) is 34.7 Å². The minimum absolute atomic E-state index is 0.0525. The number of hydrazone groups is 1. The van der Waals surface area contributed by atoms with E-state index < -0.39 is 5.63 Å². The van der Waals surface area contributed by atoms with E-state index in [1.165, 1.54) is 6.07 Å². The molecule has 2 N–H and O–H groups in total. The number of phenolic OH excluding ortho intramolecular Hbond substituents is 1. The number of ether oxygens (including phenoxy) is 3. The van der Waals surface area contributed by atoms with Crippen LogP contribution in [0.3, 0.4) is 0 Å². The van der Waals surface area contributed by atoms with E-state index in [1.54, 1.807) is 40.4 Å². The summed E-state index contributed by atoms with van der Waals surface area (Å²) in [6.07, 6.45) is 0.515. The Balaban J connectivity index is 1.75. The predicted octanol–water partition coefficient (Wildman–Crippen LogP) is 3.58. The van der Waals surface area contributed by atoms with Crippen molar-refractivity contribution in [3.8, 4) is 23.0 Å². The fourth-order valence-electron chi connectivity index (χ4n) is 4.09. The topological polar surface area (TPSA) is 103 Å². The van der Waals surface area contributed by atoms with Crippen LogP contribution < -0.4 is 25.3 Å². The van der Waals surface area contributed by atoms with Gasteiger partial charge in [-0.25, -0.2) is 4.79 Å². The Bertz CT molecular complexity index is 1260. The average Bonchev–Trinajstić information content (AvgIpc) is 3.21. The summed E-state index contributed by atoms with van der Waals surface area (Å²) in [5.41, 5.74) is 6.64. The van der Waals surface area contributed by atoms with Crippen molar-refractivity contribution < 1.29 is 23.7 Å². The van der Waals surface area contributed by atoms with Gasteiger partial charge in [-0.15, -0.1) is 0 Å². The first kappa shape index (κ1) is 20.6. The van der Waals surface area contributed by atoms with Crippen LogP contribution in [0.2, 0.25) is 0 Å². The molecule has 8 nitrogen and oxygen atoms in total. The van der Waals surface area contributed by atoms with E-state index in [2.05, 4.69) is 10.5 Å². The van der Waals surface area contributed by atoms with E-state index in [4.69, 9.17) is 18.6 Å². The molecular formula is C23H24N2O6. The van der Waals surface area contributed by atoms with Gasteiger partial charge >= 0.3 is 5.63 Å². The van der Waals surface area contributed by atoms with Gasteiger partial charge in [-0.3, -0.25) is 0 Å². The largest absolute Gasteiger partial charge is 0.506 e. The van der Waals surface area contributed by atoms with Gasteiger partial charge in [0.25, 0.3) is 0 Å². The van der Waals surface area contributed by atoms with Crippen LogP contribution in [0.4, 0.5) is 0 Å². The molecule has 0 radical (unpaired) electrons. The van der Waals surface area contributed by atoms with Gasteiger partial charge in [0, 0.05) is 29.7 Å². The highest BCUT2D eigenvalue weighted by molar-refractivity contribution is 6.09. The second-order valence-electron chi connectivity index (χ2n) is 7.43. The molecule has 1 aliphatic heterocycles. The van der Waals surface area contributed by atoms with Gasteiger partial charge in [-0.2, -0.15) is 5.10 Å². The van der Waals surface area contributed by atoms with E-state index in [9.17, 15) is 9.90 Å². The molecule has 0 saturated heterocycles. The molecule has 2 aromatic carbocycles. The molecule has 1 aliphatic rings. The molecule has 8 heteroatoms. The lowest BCUT2D eigenvalue weighted by atomic mass is 9.93. The molecule has 0 aliphatic carbocycles. The van der Waals surface area contributed by atoms with Crippen LogP contribution >= 0.6 is 0 Å². The Labute approximate surface area is 179 Å².